The maximum atomic E-state index is 10.1. The van der Waals surface area contributed by atoms with Gasteiger partial charge in [0.15, 0.2) is 0 Å². The SMILES string of the molecule is CCOS(=O)S(=O)O. The van der Waals surface area contributed by atoms with E-state index in [0.29, 0.717) is 0 Å². The van der Waals surface area contributed by atoms with Crippen molar-refractivity contribution in [1.82, 2.24) is 0 Å². The quantitative estimate of drug-likeness (QED) is 0.457. The van der Waals surface area contributed by atoms with Crippen LogP contribution in [0.15, 0.2) is 0 Å². The van der Waals surface area contributed by atoms with E-state index in [1.165, 1.54) is 0 Å². The summed E-state index contributed by atoms with van der Waals surface area (Å²) in [7, 11) is -4.40. The number of hydrogen-bond donors (Lipinski definition) is 1. The molecule has 0 saturated carbocycles. The minimum Gasteiger partial charge on any atom is -0.294 e. The predicted octanol–water partition coefficient (Wildman–Crippen LogP) is -0.177. The van der Waals surface area contributed by atoms with Crippen LogP contribution >= 0.6 is 0 Å². The van der Waals surface area contributed by atoms with Gasteiger partial charge in [0.1, 0.15) is 0 Å². The van der Waals surface area contributed by atoms with Crippen molar-refractivity contribution in [2.45, 2.75) is 6.92 Å². The van der Waals surface area contributed by atoms with E-state index >= 15 is 0 Å². The maximum absolute atomic E-state index is 10.1. The highest BCUT2D eigenvalue weighted by Crippen LogP contribution is 1.87. The molecule has 0 aromatic rings. The lowest BCUT2D eigenvalue weighted by atomic mass is 10.9. The Balaban J connectivity index is 3.49. The highest BCUT2D eigenvalue weighted by atomic mass is 33.2. The molecule has 2 atom stereocenters. The third kappa shape index (κ3) is 3.25. The minimum absolute atomic E-state index is 0.179. The highest BCUT2D eigenvalue weighted by molar-refractivity contribution is 8.56. The Morgan fingerprint density at radius 2 is 2.12 bits per heavy atom. The maximum Gasteiger partial charge on any atom is 0.277 e. The third-order valence-corrected chi connectivity index (χ3v) is 1.98. The zero-order valence-corrected chi connectivity index (χ0v) is 5.83. The van der Waals surface area contributed by atoms with Crippen molar-refractivity contribution in [1.29, 1.82) is 0 Å². The van der Waals surface area contributed by atoms with Crippen molar-refractivity contribution >= 4 is 20.2 Å². The topological polar surface area (TPSA) is 63.6 Å². The van der Waals surface area contributed by atoms with E-state index in [0.717, 1.165) is 0 Å². The second kappa shape index (κ2) is 4.13. The standard InChI is InChI=1S/C2H6O4S2/c1-2-6-8(5)7(3)4/h2H2,1H3,(H,3,4). The van der Waals surface area contributed by atoms with Crippen molar-refractivity contribution in [2.75, 3.05) is 6.61 Å². The summed E-state index contributed by atoms with van der Waals surface area (Å²) in [5, 5.41) is 0. The van der Waals surface area contributed by atoms with Crippen molar-refractivity contribution < 1.29 is 17.2 Å². The van der Waals surface area contributed by atoms with Gasteiger partial charge in [-0.1, -0.05) is 0 Å². The van der Waals surface area contributed by atoms with E-state index in [1.54, 1.807) is 6.92 Å². The largest absolute Gasteiger partial charge is 0.294 e. The minimum atomic E-state index is -2.36. The van der Waals surface area contributed by atoms with Gasteiger partial charge < -0.3 is 0 Å². The van der Waals surface area contributed by atoms with Gasteiger partial charge in [0.25, 0.3) is 20.2 Å². The lowest BCUT2D eigenvalue weighted by Crippen LogP contribution is -2.01. The fourth-order valence-electron chi connectivity index (χ4n) is 0.137. The Morgan fingerprint density at radius 1 is 1.62 bits per heavy atom. The van der Waals surface area contributed by atoms with Crippen LogP contribution in [0.2, 0.25) is 0 Å². The molecule has 4 nitrogen and oxygen atoms in total. The van der Waals surface area contributed by atoms with Crippen LogP contribution in [0.25, 0.3) is 0 Å². The Hall–Kier alpha value is 0.220. The molecular weight excluding hydrogens is 152 g/mol. The van der Waals surface area contributed by atoms with Gasteiger partial charge in [-0.15, -0.1) is 0 Å². The monoisotopic (exact) mass is 158 g/mol. The van der Waals surface area contributed by atoms with Crippen LogP contribution < -0.4 is 0 Å². The lowest BCUT2D eigenvalue weighted by Gasteiger charge is -1.90. The molecule has 0 fully saturated rings. The van der Waals surface area contributed by atoms with Crippen LogP contribution in [0.3, 0.4) is 0 Å². The highest BCUT2D eigenvalue weighted by Gasteiger charge is 2.03. The Morgan fingerprint density at radius 3 is 2.25 bits per heavy atom. The molecule has 0 bridgehead atoms. The molecular formula is C2H6O4S2. The number of hydrogen-bond acceptors (Lipinski definition) is 3. The van der Waals surface area contributed by atoms with Crippen LogP contribution in [0.4, 0.5) is 0 Å². The molecule has 0 aliphatic carbocycles. The molecule has 0 radical (unpaired) electrons. The summed E-state index contributed by atoms with van der Waals surface area (Å²) >= 11 is 0. The number of rotatable bonds is 3. The van der Waals surface area contributed by atoms with Crippen LogP contribution in [0, 0.1) is 0 Å². The van der Waals surface area contributed by atoms with Gasteiger partial charge in [0, 0.05) is 0 Å². The molecule has 0 saturated heterocycles. The van der Waals surface area contributed by atoms with E-state index < -0.39 is 20.2 Å². The van der Waals surface area contributed by atoms with Gasteiger partial charge in [-0.2, -0.15) is 0 Å². The molecule has 0 amide bonds. The van der Waals surface area contributed by atoms with Crippen molar-refractivity contribution in [3.8, 4) is 0 Å². The Bertz CT molecular complexity index is 111. The summed E-state index contributed by atoms with van der Waals surface area (Å²) in [6, 6.07) is 0. The van der Waals surface area contributed by atoms with E-state index in [9.17, 15) is 8.42 Å². The fraction of sp³-hybridized carbons (Fsp3) is 1.00. The molecule has 0 aromatic heterocycles. The first-order chi connectivity index (χ1) is 3.68. The summed E-state index contributed by atoms with van der Waals surface area (Å²) in [4.78, 5) is 0. The van der Waals surface area contributed by atoms with E-state index in [-0.39, 0.29) is 6.61 Å². The zero-order valence-electron chi connectivity index (χ0n) is 4.20. The van der Waals surface area contributed by atoms with Crippen LogP contribution in [0.5, 0.6) is 0 Å². The van der Waals surface area contributed by atoms with E-state index in [4.69, 9.17) is 4.55 Å². The van der Waals surface area contributed by atoms with Gasteiger partial charge in [0.2, 0.25) is 0 Å². The van der Waals surface area contributed by atoms with Gasteiger partial charge in [0.05, 0.1) is 6.61 Å². The second-order valence-electron chi connectivity index (χ2n) is 0.828. The zero-order chi connectivity index (χ0) is 6.57. The first kappa shape index (κ1) is 8.22. The van der Waals surface area contributed by atoms with Crippen molar-refractivity contribution in [3.63, 3.8) is 0 Å². The first-order valence-corrected chi connectivity index (χ1v) is 4.54. The molecule has 0 spiro atoms. The van der Waals surface area contributed by atoms with Crippen molar-refractivity contribution in [3.05, 3.63) is 0 Å². The molecule has 0 aliphatic heterocycles. The van der Waals surface area contributed by atoms with E-state index in [2.05, 4.69) is 4.18 Å². The molecule has 0 aromatic carbocycles. The van der Waals surface area contributed by atoms with Crippen LogP contribution in [-0.4, -0.2) is 19.6 Å². The first-order valence-electron chi connectivity index (χ1n) is 1.85. The average molecular weight is 158 g/mol. The van der Waals surface area contributed by atoms with Gasteiger partial charge in [-0.25, -0.2) is 8.42 Å². The molecule has 8 heavy (non-hydrogen) atoms. The normalized spacial score (nSPS) is 17.8. The second-order valence-corrected chi connectivity index (χ2v) is 3.58. The molecule has 0 rings (SSSR count). The van der Waals surface area contributed by atoms with Crippen LogP contribution in [-0.2, 0) is 24.4 Å². The summed E-state index contributed by atoms with van der Waals surface area (Å²) in [5.74, 6) is 0. The molecule has 2 unspecified atom stereocenters. The summed E-state index contributed by atoms with van der Waals surface area (Å²) < 4.78 is 32.1. The predicted molar refractivity (Wildman–Crippen MR) is 30.5 cm³/mol. The van der Waals surface area contributed by atoms with Gasteiger partial charge in [-0.3, -0.25) is 8.74 Å². The third-order valence-electron chi connectivity index (χ3n) is 0.330. The molecule has 1 N–H and O–H groups in total. The van der Waals surface area contributed by atoms with E-state index in [1.807, 2.05) is 0 Å². The molecule has 0 aliphatic rings. The smallest absolute Gasteiger partial charge is 0.277 e. The summed E-state index contributed by atoms with van der Waals surface area (Å²) in [6.07, 6.45) is 0. The van der Waals surface area contributed by atoms with Gasteiger partial charge >= 0.3 is 0 Å². The Kier molecular flexibility index (Phi) is 4.25. The summed E-state index contributed by atoms with van der Waals surface area (Å²) in [6.45, 7) is 1.77. The van der Waals surface area contributed by atoms with Crippen molar-refractivity contribution in [2.24, 2.45) is 0 Å². The lowest BCUT2D eigenvalue weighted by molar-refractivity contribution is 0.377. The average Bonchev–Trinajstić information content (AvgIpc) is 1.67. The molecule has 6 heteroatoms. The Labute approximate surface area is 51.6 Å². The van der Waals surface area contributed by atoms with Crippen LogP contribution in [0.1, 0.15) is 6.92 Å². The van der Waals surface area contributed by atoms with Gasteiger partial charge in [-0.05, 0) is 6.92 Å². The molecule has 50 valence electrons. The summed E-state index contributed by atoms with van der Waals surface area (Å²) in [5.41, 5.74) is 0. The molecule has 0 heterocycles. The fourth-order valence-corrected chi connectivity index (χ4v) is 0.948.